The van der Waals surface area contributed by atoms with Gasteiger partial charge in [0.25, 0.3) is 0 Å². The van der Waals surface area contributed by atoms with E-state index in [-0.39, 0.29) is 0 Å². The number of hydrogen-bond acceptors (Lipinski definition) is 3. The summed E-state index contributed by atoms with van der Waals surface area (Å²) in [7, 11) is 0. The van der Waals surface area contributed by atoms with E-state index in [1.165, 1.54) is 11.3 Å². The minimum atomic E-state index is -0.936. The lowest BCUT2D eigenvalue weighted by molar-refractivity contribution is -0.142. The second kappa shape index (κ2) is 5.43. The van der Waals surface area contributed by atoms with Crippen LogP contribution in [-0.2, 0) is 16.6 Å². The summed E-state index contributed by atoms with van der Waals surface area (Å²) in [5, 5.41) is 12.0. The Morgan fingerprint density at radius 2 is 2.00 bits per heavy atom. The molecule has 1 N–H and O–H groups in total. The Hall–Kier alpha value is -1.20. The topological polar surface area (TPSA) is 50.2 Å². The minimum Gasteiger partial charge on any atom is -0.481 e. The smallest absolute Gasteiger partial charge is 0.315 e. The zero-order valence-electron chi connectivity index (χ0n) is 10.7. The van der Waals surface area contributed by atoms with Crippen molar-refractivity contribution in [2.75, 3.05) is 0 Å². The summed E-state index contributed by atoms with van der Waals surface area (Å²) >= 11 is 4.91. The Kier molecular flexibility index (Phi) is 4.06. The van der Waals surface area contributed by atoms with Crippen LogP contribution >= 0.6 is 27.3 Å². The number of carbonyl (C=O) groups is 1. The monoisotopic (exact) mass is 339 g/mol. The van der Waals surface area contributed by atoms with Crippen LogP contribution in [-0.4, -0.2) is 16.1 Å². The lowest BCUT2D eigenvalue weighted by atomic mass is 9.90. The van der Waals surface area contributed by atoms with Gasteiger partial charge >= 0.3 is 5.97 Å². The molecule has 100 valence electrons. The molecule has 0 fully saturated rings. The normalized spacial score (nSPS) is 11.5. The molecule has 1 aromatic carbocycles. The van der Waals surface area contributed by atoms with E-state index < -0.39 is 11.4 Å². The van der Waals surface area contributed by atoms with Crippen LogP contribution in [0.5, 0.6) is 0 Å². The number of carboxylic acids is 1. The fourth-order valence-electron chi connectivity index (χ4n) is 1.57. The minimum absolute atomic E-state index is 0.622. The first-order valence-corrected chi connectivity index (χ1v) is 7.49. The standard InChI is InChI=1S/C14H14BrNO2S/c1-14(2,13(17)18)11-8-19-12(16-11)7-9-3-5-10(15)6-4-9/h3-6,8H,7H2,1-2H3,(H,17,18). The van der Waals surface area contributed by atoms with E-state index in [9.17, 15) is 9.90 Å². The van der Waals surface area contributed by atoms with Crippen molar-refractivity contribution in [3.63, 3.8) is 0 Å². The van der Waals surface area contributed by atoms with E-state index in [0.717, 1.165) is 21.5 Å². The maximum absolute atomic E-state index is 11.2. The Morgan fingerprint density at radius 1 is 1.37 bits per heavy atom. The van der Waals surface area contributed by atoms with Gasteiger partial charge in [0.1, 0.15) is 5.41 Å². The largest absolute Gasteiger partial charge is 0.481 e. The molecule has 3 nitrogen and oxygen atoms in total. The van der Waals surface area contributed by atoms with Crippen molar-refractivity contribution in [2.24, 2.45) is 0 Å². The van der Waals surface area contributed by atoms with Crippen molar-refractivity contribution < 1.29 is 9.90 Å². The third-order valence-electron chi connectivity index (χ3n) is 3.00. The highest BCUT2D eigenvalue weighted by atomic mass is 79.9. The lowest BCUT2D eigenvalue weighted by Gasteiger charge is -2.15. The first-order chi connectivity index (χ1) is 8.89. The first kappa shape index (κ1) is 14.2. The zero-order valence-corrected chi connectivity index (χ0v) is 13.1. The first-order valence-electron chi connectivity index (χ1n) is 5.82. The Morgan fingerprint density at radius 3 is 2.58 bits per heavy atom. The third kappa shape index (κ3) is 3.22. The van der Waals surface area contributed by atoms with Gasteiger partial charge in [-0.25, -0.2) is 4.98 Å². The maximum atomic E-state index is 11.2. The van der Waals surface area contributed by atoms with Crippen molar-refractivity contribution in [1.82, 2.24) is 4.98 Å². The van der Waals surface area contributed by atoms with Gasteiger partial charge in [0.15, 0.2) is 0 Å². The van der Waals surface area contributed by atoms with Gasteiger partial charge in [0.2, 0.25) is 0 Å². The molecule has 0 unspecified atom stereocenters. The van der Waals surface area contributed by atoms with Gasteiger partial charge in [-0.15, -0.1) is 11.3 Å². The quantitative estimate of drug-likeness (QED) is 0.920. The number of thiazole rings is 1. The van der Waals surface area contributed by atoms with Crippen molar-refractivity contribution in [1.29, 1.82) is 0 Å². The van der Waals surface area contributed by atoms with Gasteiger partial charge in [-0.2, -0.15) is 0 Å². The van der Waals surface area contributed by atoms with Crippen LogP contribution in [0, 0.1) is 0 Å². The molecule has 0 aliphatic carbocycles. The van der Waals surface area contributed by atoms with E-state index in [1.54, 1.807) is 13.8 Å². The average molecular weight is 340 g/mol. The third-order valence-corrected chi connectivity index (χ3v) is 4.37. The Bertz CT molecular complexity index is 590. The second-order valence-electron chi connectivity index (χ2n) is 4.86. The highest BCUT2D eigenvalue weighted by molar-refractivity contribution is 9.10. The van der Waals surface area contributed by atoms with Crippen LogP contribution < -0.4 is 0 Å². The van der Waals surface area contributed by atoms with Crippen LogP contribution in [0.3, 0.4) is 0 Å². The number of halogens is 1. The molecule has 1 heterocycles. The molecule has 2 aromatic rings. The van der Waals surface area contributed by atoms with E-state index in [2.05, 4.69) is 20.9 Å². The van der Waals surface area contributed by atoms with Crippen LogP contribution in [0.4, 0.5) is 0 Å². The molecule has 2 rings (SSSR count). The van der Waals surface area contributed by atoms with Crippen LogP contribution in [0.2, 0.25) is 0 Å². The molecule has 0 radical (unpaired) electrons. The highest BCUT2D eigenvalue weighted by Gasteiger charge is 2.31. The molecule has 0 amide bonds. The van der Waals surface area contributed by atoms with Crippen LogP contribution in [0.1, 0.15) is 30.1 Å². The number of carboxylic acid groups (broad SMARTS) is 1. The number of rotatable bonds is 4. The van der Waals surface area contributed by atoms with E-state index in [1.807, 2.05) is 29.6 Å². The van der Waals surface area contributed by atoms with Gasteiger partial charge in [-0.3, -0.25) is 4.79 Å². The predicted octanol–water partition coefficient (Wildman–Crippen LogP) is 3.86. The Labute approximate surface area is 124 Å². The molecule has 0 bridgehead atoms. The zero-order chi connectivity index (χ0) is 14.0. The van der Waals surface area contributed by atoms with Gasteiger partial charge in [0, 0.05) is 16.3 Å². The van der Waals surface area contributed by atoms with E-state index in [0.29, 0.717) is 5.69 Å². The van der Waals surface area contributed by atoms with Crippen LogP contribution in [0.25, 0.3) is 0 Å². The number of aliphatic carboxylic acids is 1. The summed E-state index contributed by atoms with van der Waals surface area (Å²) in [4.78, 5) is 15.6. The van der Waals surface area contributed by atoms with Crippen molar-refractivity contribution in [3.8, 4) is 0 Å². The van der Waals surface area contributed by atoms with Crippen LogP contribution in [0.15, 0.2) is 34.1 Å². The summed E-state index contributed by atoms with van der Waals surface area (Å²) in [6.45, 7) is 3.35. The molecule has 1 aromatic heterocycles. The van der Waals surface area contributed by atoms with Crippen molar-refractivity contribution in [2.45, 2.75) is 25.7 Å². The molecule has 0 aliphatic heterocycles. The molecule has 5 heteroatoms. The van der Waals surface area contributed by atoms with Crippen molar-refractivity contribution in [3.05, 3.63) is 50.4 Å². The average Bonchev–Trinajstić information content (AvgIpc) is 2.81. The molecule has 0 aliphatic rings. The molecular formula is C14H14BrNO2S. The summed E-state index contributed by atoms with van der Waals surface area (Å²) < 4.78 is 1.04. The molecule has 0 saturated heterocycles. The molecular weight excluding hydrogens is 326 g/mol. The van der Waals surface area contributed by atoms with Gasteiger partial charge in [-0.05, 0) is 31.5 Å². The molecule has 0 spiro atoms. The summed E-state index contributed by atoms with van der Waals surface area (Å²) in [6, 6.07) is 8.05. The predicted molar refractivity (Wildman–Crippen MR) is 79.7 cm³/mol. The van der Waals surface area contributed by atoms with E-state index >= 15 is 0 Å². The maximum Gasteiger partial charge on any atom is 0.315 e. The number of hydrogen-bond donors (Lipinski definition) is 1. The summed E-state index contributed by atoms with van der Waals surface area (Å²) in [6.07, 6.45) is 0.730. The highest BCUT2D eigenvalue weighted by Crippen LogP contribution is 2.26. The fourth-order valence-corrected chi connectivity index (χ4v) is 2.83. The molecule has 0 saturated carbocycles. The molecule has 0 atom stereocenters. The van der Waals surface area contributed by atoms with Gasteiger partial charge in [0.05, 0.1) is 10.7 Å². The number of aromatic nitrogens is 1. The lowest BCUT2D eigenvalue weighted by Crippen LogP contribution is -2.28. The van der Waals surface area contributed by atoms with Gasteiger partial charge < -0.3 is 5.11 Å². The second-order valence-corrected chi connectivity index (χ2v) is 6.72. The Balaban J connectivity index is 2.18. The van der Waals surface area contributed by atoms with Crippen molar-refractivity contribution >= 4 is 33.2 Å². The fraction of sp³-hybridized carbons (Fsp3) is 0.286. The van der Waals surface area contributed by atoms with Gasteiger partial charge in [-0.1, -0.05) is 28.1 Å². The number of nitrogens with zero attached hydrogens (tertiary/aromatic N) is 1. The summed E-state index contributed by atoms with van der Waals surface area (Å²) in [5.74, 6) is -0.854. The summed E-state index contributed by atoms with van der Waals surface area (Å²) in [5.41, 5.74) is 0.850. The van der Waals surface area contributed by atoms with E-state index in [4.69, 9.17) is 0 Å². The SMILES string of the molecule is CC(C)(C(=O)O)c1csc(Cc2ccc(Br)cc2)n1. The molecule has 19 heavy (non-hydrogen) atoms. The number of benzene rings is 1.